The molecule has 1 aromatic carbocycles. The fraction of sp³-hybridized carbons (Fsp3) is 0.421. The highest BCUT2D eigenvalue weighted by atomic mass is 32.3. The fourth-order valence-electron chi connectivity index (χ4n) is 4.97. The van der Waals surface area contributed by atoms with Crippen molar-refractivity contribution in [1.82, 2.24) is 0 Å². The van der Waals surface area contributed by atoms with Crippen LogP contribution in [-0.4, -0.2) is 67.1 Å². The maximum Gasteiger partial charge on any atom is 0.394 e. The summed E-state index contributed by atoms with van der Waals surface area (Å²) in [5.74, 6) is -6.63. The van der Waals surface area contributed by atoms with Gasteiger partial charge in [-0.05, 0) is 24.5 Å². The van der Waals surface area contributed by atoms with Gasteiger partial charge in [0.1, 0.15) is 11.5 Å². The van der Waals surface area contributed by atoms with Gasteiger partial charge in [0.05, 0.1) is 17.6 Å². The number of aliphatic hydroxyl groups is 3. The van der Waals surface area contributed by atoms with E-state index in [9.17, 15) is 34.8 Å². The van der Waals surface area contributed by atoms with Crippen LogP contribution in [0.3, 0.4) is 0 Å². The maximum absolute atomic E-state index is 13.0. The summed E-state index contributed by atoms with van der Waals surface area (Å²) >= 11 is 0. The molecule has 5 atom stereocenters. The molecule has 13 heteroatoms. The van der Waals surface area contributed by atoms with Gasteiger partial charge in [-0.15, -0.1) is 0 Å². The van der Waals surface area contributed by atoms with E-state index in [-0.39, 0.29) is 29.7 Å². The number of fused-ring (bicyclic) bond motifs is 3. The smallest absolute Gasteiger partial charge is 0.394 e. The van der Waals surface area contributed by atoms with Crippen molar-refractivity contribution in [2.75, 3.05) is 0 Å². The summed E-state index contributed by atoms with van der Waals surface area (Å²) in [4.78, 5) is 37.8. The largest absolute Gasteiger partial charge is 0.508 e. The average Bonchev–Trinajstić information content (AvgIpc) is 2.63. The van der Waals surface area contributed by atoms with Crippen LogP contribution in [0.1, 0.15) is 28.8 Å². The van der Waals surface area contributed by atoms with Gasteiger partial charge in [-0.1, -0.05) is 12.1 Å². The summed E-state index contributed by atoms with van der Waals surface area (Å²) in [7, 11) is -4.67. The molecular weight excluding hydrogens is 450 g/mol. The molecule has 0 aromatic heterocycles. The zero-order valence-electron chi connectivity index (χ0n) is 16.4. The summed E-state index contributed by atoms with van der Waals surface area (Å²) in [6.07, 6.45) is -1.46. The third-order valence-electron chi connectivity index (χ3n) is 6.13. The number of amides is 1. The van der Waals surface area contributed by atoms with Gasteiger partial charge in [-0.25, -0.2) is 0 Å². The van der Waals surface area contributed by atoms with Crippen molar-refractivity contribution < 1.29 is 52.3 Å². The van der Waals surface area contributed by atoms with Gasteiger partial charge in [-0.2, -0.15) is 8.42 Å². The monoisotopic (exact) mass is 471 g/mol. The van der Waals surface area contributed by atoms with Crippen molar-refractivity contribution in [2.24, 2.45) is 23.5 Å². The topological polar surface area (TPSA) is 233 Å². The number of aromatic hydroxyl groups is 1. The highest BCUT2D eigenvalue weighted by molar-refractivity contribution is 7.79. The molecule has 3 aliphatic rings. The van der Waals surface area contributed by atoms with Crippen molar-refractivity contribution in [3.05, 3.63) is 40.7 Å². The van der Waals surface area contributed by atoms with E-state index in [1.54, 1.807) is 12.1 Å². The Kier molecular flexibility index (Phi) is 5.91. The van der Waals surface area contributed by atoms with Gasteiger partial charge in [0.25, 0.3) is 0 Å². The van der Waals surface area contributed by atoms with Crippen LogP contribution in [0.2, 0.25) is 0 Å². The van der Waals surface area contributed by atoms with Crippen molar-refractivity contribution in [2.45, 2.75) is 31.0 Å². The van der Waals surface area contributed by atoms with Gasteiger partial charge < -0.3 is 26.2 Å². The Morgan fingerprint density at radius 2 is 1.72 bits per heavy atom. The zero-order valence-corrected chi connectivity index (χ0v) is 17.2. The number of nitrogens with two attached hydrogens (primary N) is 1. The molecule has 0 saturated heterocycles. The molecule has 3 aliphatic carbocycles. The van der Waals surface area contributed by atoms with Gasteiger partial charge in [-0.3, -0.25) is 23.5 Å². The zero-order chi connectivity index (χ0) is 24.2. The molecule has 174 valence electrons. The van der Waals surface area contributed by atoms with Crippen LogP contribution in [0.5, 0.6) is 5.75 Å². The molecule has 0 heterocycles. The van der Waals surface area contributed by atoms with E-state index in [1.807, 2.05) is 0 Å². The number of hydrogen-bond donors (Lipinski definition) is 7. The molecule has 0 radical (unpaired) electrons. The molecule has 1 amide bonds. The predicted octanol–water partition coefficient (Wildman–Crippen LogP) is -0.907. The number of primary amides is 1. The fourth-order valence-corrected chi connectivity index (χ4v) is 4.97. The van der Waals surface area contributed by atoms with Crippen molar-refractivity contribution in [3.8, 4) is 5.75 Å². The first-order chi connectivity index (χ1) is 14.7. The third-order valence-corrected chi connectivity index (χ3v) is 6.13. The Morgan fingerprint density at radius 1 is 1.12 bits per heavy atom. The molecule has 1 fully saturated rings. The Hall–Kier alpha value is -2.84. The number of carbonyl (C=O) groups excluding carboxylic acids is 3. The molecule has 1 saturated carbocycles. The minimum absolute atomic E-state index is 0.0242. The number of phenols is 1. The lowest BCUT2D eigenvalue weighted by molar-refractivity contribution is -0.163. The second-order valence-electron chi connectivity index (χ2n) is 7.98. The number of rotatable bonds is 1. The molecule has 4 rings (SSSR count). The SMILES string of the molecule is NC(=O)C1C2Cc3cccc(O)c3C(=O)C2=C(O)C2(O)C(=O)CC(O)CC12.O=S(=O)(O)O. The first-order valence-electron chi connectivity index (χ1n) is 9.40. The number of allylic oxidation sites excluding steroid dienone is 1. The highest BCUT2D eigenvalue weighted by Crippen LogP contribution is 2.53. The lowest BCUT2D eigenvalue weighted by atomic mass is 9.55. The summed E-state index contributed by atoms with van der Waals surface area (Å²) in [5.41, 5.74) is 3.30. The number of hydrogen-bond acceptors (Lipinski definition) is 9. The molecule has 8 N–H and O–H groups in total. The maximum atomic E-state index is 13.0. The van der Waals surface area contributed by atoms with Crippen LogP contribution in [0, 0.1) is 17.8 Å². The summed E-state index contributed by atoms with van der Waals surface area (Å²) in [5, 5.41) is 41.9. The Morgan fingerprint density at radius 3 is 2.28 bits per heavy atom. The van der Waals surface area contributed by atoms with E-state index < -0.39 is 69.5 Å². The molecular formula is C19H21NO11S. The molecule has 12 nitrogen and oxygen atoms in total. The van der Waals surface area contributed by atoms with Crippen molar-refractivity contribution in [3.63, 3.8) is 0 Å². The number of aliphatic hydroxyl groups excluding tert-OH is 2. The quantitative estimate of drug-likeness (QED) is 0.248. The Balaban J connectivity index is 0.000000523. The lowest BCUT2D eigenvalue weighted by Crippen LogP contribution is -2.63. The van der Waals surface area contributed by atoms with E-state index in [0.29, 0.717) is 5.56 Å². The predicted molar refractivity (Wildman–Crippen MR) is 105 cm³/mol. The average molecular weight is 471 g/mol. The summed E-state index contributed by atoms with van der Waals surface area (Å²) < 4.78 is 31.6. The number of benzene rings is 1. The molecule has 5 unspecified atom stereocenters. The molecule has 1 aromatic rings. The number of phenolic OH excluding ortho intramolecular Hbond substituents is 1. The van der Waals surface area contributed by atoms with E-state index in [4.69, 9.17) is 23.3 Å². The van der Waals surface area contributed by atoms with E-state index >= 15 is 0 Å². The van der Waals surface area contributed by atoms with Crippen LogP contribution in [0.15, 0.2) is 29.5 Å². The van der Waals surface area contributed by atoms with Crippen LogP contribution in [0.25, 0.3) is 0 Å². The first-order valence-corrected chi connectivity index (χ1v) is 10.8. The summed E-state index contributed by atoms with van der Waals surface area (Å²) in [6.45, 7) is 0. The number of Topliss-reactive ketones (excluding diaryl/α,β-unsaturated/α-hetero) is 2. The van der Waals surface area contributed by atoms with Gasteiger partial charge >= 0.3 is 10.4 Å². The van der Waals surface area contributed by atoms with E-state index in [1.165, 1.54) is 6.07 Å². The highest BCUT2D eigenvalue weighted by Gasteiger charge is 2.63. The van der Waals surface area contributed by atoms with Crippen LogP contribution >= 0.6 is 0 Å². The second kappa shape index (κ2) is 7.94. The second-order valence-corrected chi connectivity index (χ2v) is 8.87. The van der Waals surface area contributed by atoms with E-state index in [2.05, 4.69) is 0 Å². The summed E-state index contributed by atoms with van der Waals surface area (Å²) in [6, 6.07) is 4.51. The van der Waals surface area contributed by atoms with Gasteiger partial charge in [0.2, 0.25) is 5.91 Å². The standard InChI is InChI=1S/C19H19NO7.H2O4S/c20-18(26)14-9-4-7-2-1-3-11(22)13(7)16(24)15(9)17(25)19(27)10(14)5-8(21)6-12(19)23;1-5(2,3)4/h1-3,8-10,14,21-22,25,27H,4-6H2,(H2,20,26);(H2,1,2,3,4). The molecule has 0 aliphatic heterocycles. The molecule has 0 spiro atoms. The Labute approximate surface area is 181 Å². The first kappa shape index (κ1) is 23.8. The Bertz CT molecular complexity index is 1130. The lowest BCUT2D eigenvalue weighted by Gasteiger charge is -2.50. The van der Waals surface area contributed by atoms with Crippen molar-refractivity contribution >= 4 is 27.9 Å². The van der Waals surface area contributed by atoms with Crippen LogP contribution in [0.4, 0.5) is 0 Å². The number of ketones is 2. The molecule has 0 bridgehead atoms. The van der Waals surface area contributed by atoms with E-state index in [0.717, 1.165) is 0 Å². The normalized spacial score (nSPS) is 31.6. The van der Waals surface area contributed by atoms with Gasteiger partial charge in [0.15, 0.2) is 17.2 Å². The number of carbonyl (C=O) groups is 3. The van der Waals surface area contributed by atoms with Gasteiger partial charge in [0, 0.05) is 23.8 Å². The third kappa shape index (κ3) is 3.89. The molecule has 32 heavy (non-hydrogen) atoms. The minimum atomic E-state index is -4.67. The minimum Gasteiger partial charge on any atom is -0.508 e. The van der Waals surface area contributed by atoms with Crippen LogP contribution < -0.4 is 5.73 Å². The van der Waals surface area contributed by atoms with Crippen LogP contribution in [-0.2, 0) is 26.4 Å². The van der Waals surface area contributed by atoms with Crippen molar-refractivity contribution in [1.29, 1.82) is 0 Å².